The lowest BCUT2D eigenvalue weighted by Crippen LogP contribution is -2.43. The zero-order chi connectivity index (χ0) is 9.14. The van der Waals surface area contributed by atoms with Gasteiger partial charge < -0.3 is 15.7 Å². The van der Waals surface area contributed by atoms with Crippen LogP contribution in [0.5, 0.6) is 0 Å². The third-order valence-electron chi connectivity index (χ3n) is 2.09. The van der Waals surface area contributed by atoms with E-state index in [1.54, 1.807) is 0 Å². The van der Waals surface area contributed by atoms with Gasteiger partial charge in [-0.05, 0) is 12.8 Å². The summed E-state index contributed by atoms with van der Waals surface area (Å²) in [6, 6.07) is 0. The minimum Gasteiger partial charge on any atom is -0.465 e. The van der Waals surface area contributed by atoms with E-state index >= 15 is 0 Å². The third kappa shape index (κ3) is 1.87. The van der Waals surface area contributed by atoms with Crippen LogP contribution in [0.3, 0.4) is 0 Å². The number of amides is 2. The average molecular weight is 172 g/mol. The number of piperidine rings is 1. The molecule has 2 amide bonds. The molecule has 12 heavy (non-hydrogen) atoms. The summed E-state index contributed by atoms with van der Waals surface area (Å²) >= 11 is 0. The van der Waals surface area contributed by atoms with Crippen LogP contribution in [0, 0.1) is 5.92 Å². The summed E-state index contributed by atoms with van der Waals surface area (Å²) in [5.41, 5.74) is 5.07. The summed E-state index contributed by atoms with van der Waals surface area (Å²) in [4.78, 5) is 22.5. The zero-order valence-corrected chi connectivity index (χ0v) is 6.69. The molecule has 0 aromatic rings. The van der Waals surface area contributed by atoms with Crippen LogP contribution < -0.4 is 5.73 Å². The second kappa shape index (κ2) is 3.42. The van der Waals surface area contributed by atoms with Gasteiger partial charge in [-0.25, -0.2) is 4.79 Å². The Kier molecular flexibility index (Phi) is 2.52. The van der Waals surface area contributed by atoms with Gasteiger partial charge in [-0.3, -0.25) is 4.79 Å². The predicted molar refractivity (Wildman–Crippen MR) is 41.5 cm³/mol. The third-order valence-corrected chi connectivity index (χ3v) is 2.09. The van der Waals surface area contributed by atoms with Crippen molar-refractivity contribution in [2.24, 2.45) is 11.7 Å². The van der Waals surface area contributed by atoms with Crippen LogP contribution in [0.2, 0.25) is 0 Å². The SMILES string of the molecule is NC(=O)[C@@H]1CCCN(C(=O)O)C1. The number of carboxylic acid groups (broad SMARTS) is 1. The van der Waals surface area contributed by atoms with E-state index in [9.17, 15) is 9.59 Å². The van der Waals surface area contributed by atoms with Gasteiger partial charge in [0.25, 0.3) is 0 Å². The number of carbonyl (C=O) groups is 2. The first kappa shape index (κ1) is 8.83. The van der Waals surface area contributed by atoms with Crippen molar-refractivity contribution in [3.05, 3.63) is 0 Å². The molecule has 0 spiro atoms. The fraction of sp³-hybridized carbons (Fsp3) is 0.714. The van der Waals surface area contributed by atoms with E-state index in [1.807, 2.05) is 0 Å². The number of primary amides is 1. The van der Waals surface area contributed by atoms with Crippen molar-refractivity contribution in [1.29, 1.82) is 0 Å². The van der Waals surface area contributed by atoms with Crippen LogP contribution >= 0.6 is 0 Å². The molecule has 5 heteroatoms. The Bertz CT molecular complexity index is 185. The summed E-state index contributed by atoms with van der Waals surface area (Å²) < 4.78 is 0. The molecule has 0 aromatic heterocycles. The molecule has 1 aliphatic heterocycles. The molecule has 5 nitrogen and oxygen atoms in total. The monoisotopic (exact) mass is 172 g/mol. The molecule has 1 rings (SSSR count). The predicted octanol–water partition coefficient (Wildman–Crippen LogP) is -0.138. The Morgan fingerprint density at radius 2 is 2.17 bits per heavy atom. The van der Waals surface area contributed by atoms with Crippen molar-refractivity contribution in [2.75, 3.05) is 13.1 Å². The van der Waals surface area contributed by atoms with E-state index in [1.165, 1.54) is 4.90 Å². The smallest absolute Gasteiger partial charge is 0.407 e. The standard InChI is InChI=1S/C7H12N2O3/c8-6(10)5-2-1-3-9(4-5)7(11)12/h5H,1-4H2,(H2,8,10)(H,11,12)/t5-/m1/s1. The number of rotatable bonds is 1. The van der Waals surface area contributed by atoms with E-state index < -0.39 is 12.0 Å². The second-order valence-corrected chi connectivity index (χ2v) is 2.97. The van der Waals surface area contributed by atoms with Gasteiger partial charge in [0.2, 0.25) is 5.91 Å². The maximum absolute atomic E-state index is 10.7. The fourth-order valence-electron chi connectivity index (χ4n) is 1.38. The minimum atomic E-state index is -0.971. The summed E-state index contributed by atoms with van der Waals surface area (Å²) in [5.74, 6) is -0.698. The molecule has 3 N–H and O–H groups in total. The lowest BCUT2D eigenvalue weighted by molar-refractivity contribution is -0.123. The van der Waals surface area contributed by atoms with Gasteiger partial charge in [-0.1, -0.05) is 0 Å². The highest BCUT2D eigenvalue weighted by molar-refractivity contribution is 5.77. The molecule has 0 unspecified atom stereocenters. The fourth-order valence-corrected chi connectivity index (χ4v) is 1.38. The van der Waals surface area contributed by atoms with Crippen molar-refractivity contribution < 1.29 is 14.7 Å². The van der Waals surface area contributed by atoms with E-state index in [0.29, 0.717) is 13.0 Å². The maximum atomic E-state index is 10.7. The molecular formula is C7H12N2O3. The van der Waals surface area contributed by atoms with Gasteiger partial charge in [0.1, 0.15) is 0 Å². The molecular weight excluding hydrogens is 160 g/mol. The summed E-state index contributed by atoms with van der Waals surface area (Å²) in [7, 11) is 0. The Balaban J connectivity index is 2.51. The van der Waals surface area contributed by atoms with Crippen molar-refractivity contribution in [3.63, 3.8) is 0 Å². The van der Waals surface area contributed by atoms with Crippen molar-refractivity contribution in [2.45, 2.75) is 12.8 Å². The van der Waals surface area contributed by atoms with E-state index in [2.05, 4.69) is 0 Å². The minimum absolute atomic E-state index is 0.255. The number of nitrogens with two attached hydrogens (primary N) is 1. The lowest BCUT2D eigenvalue weighted by Gasteiger charge is -2.28. The van der Waals surface area contributed by atoms with Crippen LogP contribution in [0.15, 0.2) is 0 Å². The van der Waals surface area contributed by atoms with Gasteiger partial charge in [-0.15, -0.1) is 0 Å². The highest BCUT2D eigenvalue weighted by Gasteiger charge is 2.26. The molecule has 1 saturated heterocycles. The second-order valence-electron chi connectivity index (χ2n) is 2.97. The topological polar surface area (TPSA) is 83.6 Å². The molecule has 0 radical (unpaired) electrons. The first-order valence-electron chi connectivity index (χ1n) is 3.88. The molecule has 1 aliphatic rings. The van der Waals surface area contributed by atoms with Gasteiger partial charge in [0.05, 0.1) is 5.92 Å². The Morgan fingerprint density at radius 1 is 1.50 bits per heavy atom. The van der Waals surface area contributed by atoms with Crippen LogP contribution in [0.1, 0.15) is 12.8 Å². The van der Waals surface area contributed by atoms with Gasteiger partial charge in [-0.2, -0.15) is 0 Å². The number of carbonyl (C=O) groups excluding carboxylic acids is 1. The summed E-state index contributed by atoms with van der Waals surface area (Å²) in [6.07, 6.45) is 0.458. The first-order valence-corrected chi connectivity index (χ1v) is 3.88. The maximum Gasteiger partial charge on any atom is 0.407 e. The van der Waals surface area contributed by atoms with Gasteiger partial charge >= 0.3 is 6.09 Å². The summed E-state index contributed by atoms with van der Waals surface area (Å²) in [5, 5.41) is 8.61. The molecule has 0 aliphatic carbocycles. The Morgan fingerprint density at radius 3 is 2.67 bits per heavy atom. The number of likely N-dealkylation sites (tertiary alicyclic amines) is 1. The number of nitrogens with zero attached hydrogens (tertiary/aromatic N) is 1. The number of hydrogen-bond donors (Lipinski definition) is 2. The van der Waals surface area contributed by atoms with Crippen molar-refractivity contribution >= 4 is 12.0 Å². The van der Waals surface area contributed by atoms with Crippen LogP contribution in [0.25, 0.3) is 0 Å². The summed E-state index contributed by atoms with van der Waals surface area (Å²) in [6.45, 7) is 0.768. The first-order chi connectivity index (χ1) is 5.61. The highest BCUT2D eigenvalue weighted by Crippen LogP contribution is 2.15. The lowest BCUT2D eigenvalue weighted by atomic mass is 9.98. The van der Waals surface area contributed by atoms with Crippen LogP contribution in [-0.4, -0.2) is 35.1 Å². The van der Waals surface area contributed by atoms with E-state index in [0.717, 1.165) is 6.42 Å². The zero-order valence-electron chi connectivity index (χ0n) is 6.69. The molecule has 0 bridgehead atoms. The molecule has 1 fully saturated rings. The van der Waals surface area contributed by atoms with E-state index in [-0.39, 0.29) is 12.5 Å². The molecule has 0 saturated carbocycles. The van der Waals surface area contributed by atoms with Gasteiger partial charge in [0.15, 0.2) is 0 Å². The molecule has 1 atom stereocenters. The largest absolute Gasteiger partial charge is 0.465 e. The van der Waals surface area contributed by atoms with Crippen LogP contribution in [-0.2, 0) is 4.79 Å². The van der Waals surface area contributed by atoms with Gasteiger partial charge in [0, 0.05) is 13.1 Å². The normalized spacial score (nSPS) is 23.7. The highest BCUT2D eigenvalue weighted by atomic mass is 16.4. The quantitative estimate of drug-likeness (QED) is 0.577. The molecule has 0 aromatic carbocycles. The van der Waals surface area contributed by atoms with Crippen molar-refractivity contribution in [1.82, 2.24) is 4.90 Å². The van der Waals surface area contributed by atoms with E-state index in [4.69, 9.17) is 10.8 Å². The average Bonchev–Trinajstić information content (AvgIpc) is 2.04. The Hall–Kier alpha value is -1.26. The number of hydrogen-bond acceptors (Lipinski definition) is 2. The molecule has 68 valence electrons. The Labute approximate surface area is 70.1 Å². The molecule has 1 heterocycles. The van der Waals surface area contributed by atoms with Crippen molar-refractivity contribution in [3.8, 4) is 0 Å². The van der Waals surface area contributed by atoms with Crippen LogP contribution in [0.4, 0.5) is 4.79 Å².